The topological polar surface area (TPSA) is 84.5 Å². The van der Waals surface area contributed by atoms with Crippen LogP contribution >= 0.6 is 0 Å². The smallest absolute Gasteiger partial charge is 0.244 e. The molecule has 114 valence electrons. The predicted octanol–water partition coefficient (Wildman–Crippen LogP) is 0.919. The van der Waals surface area contributed by atoms with E-state index in [9.17, 15) is 13.2 Å². The molecule has 0 aromatic heterocycles. The maximum Gasteiger partial charge on any atom is 0.244 e. The Morgan fingerprint density at radius 3 is 2.71 bits per heavy atom. The molecule has 0 saturated heterocycles. The molecule has 21 heavy (non-hydrogen) atoms. The molecule has 1 aromatic carbocycles. The number of hydrogen-bond acceptors (Lipinski definition) is 4. The summed E-state index contributed by atoms with van der Waals surface area (Å²) in [5.41, 5.74) is 0.568. The standard InChI is InChI=1S/C14H18N2O4S/c1-4-9-16-14(17)8-6-11-5-7-12(20-3)13(10-11)21(18,19)15-2/h4-8,10,15H,1,9H2,2-3H3,(H,16,17)/b8-6+. The predicted molar refractivity (Wildman–Crippen MR) is 81.5 cm³/mol. The van der Waals surface area contributed by atoms with Crippen molar-refractivity contribution in [3.8, 4) is 5.75 Å². The van der Waals surface area contributed by atoms with E-state index in [1.807, 2.05) is 0 Å². The second kappa shape index (κ2) is 7.61. The Hall–Kier alpha value is -2.12. The Balaban J connectivity index is 3.06. The van der Waals surface area contributed by atoms with Crippen LogP contribution in [0.2, 0.25) is 0 Å². The van der Waals surface area contributed by atoms with Crippen molar-refractivity contribution in [1.29, 1.82) is 0 Å². The molecule has 0 spiro atoms. The zero-order valence-electron chi connectivity index (χ0n) is 11.9. The van der Waals surface area contributed by atoms with Crippen LogP contribution in [0.5, 0.6) is 5.75 Å². The molecule has 0 fully saturated rings. The largest absolute Gasteiger partial charge is 0.495 e. The number of methoxy groups -OCH3 is 1. The van der Waals surface area contributed by atoms with Crippen LogP contribution in [0.4, 0.5) is 0 Å². The Morgan fingerprint density at radius 2 is 2.14 bits per heavy atom. The Morgan fingerprint density at radius 1 is 1.43 bits per heavy atom. The highest BCUT2D eigenvalue weighted by Crippen LogP contribution is 2.25. The maximum absolute atomic E-state index is 11.9. The summed E-state index contributed by atoms with van der Waals surface area (Å²) in [4.78, 5) is 11.5. The van der Waals surface area contributed by atoms with Gasteiger partial charge in [0.25, 0.3) is 0 Å². The van der Waals surface area contributed by atoms with Crippen molar-refractivity contribution in [3.63, 3.8) is 0 Å². The first kappa shape index (κ1) is 16.9. The average Bonchev–Trinajstić information content (AvgIpc) is 2.50. The van der Waals surface area contributed by atoms with Crippen molar-refractivity contribution in [1.82, 2.24) is 10.0 Å². The normalized spacial score (nSPS) is 11.3. The van der Waals surface area contributed by atoms with Crippen molar-refractivity contribution >= 4 is 22.0 Å². The molecular formula is C14H18N2O4S. The van der Waals surface area contributed by atoms with E-state index in [0.717, 1.165) is 0 Å². The molecule has 0 saturated carbocycles. The van der Waals surface area contributed by atoms with Crippen molar-refractivity contribution in [2.75, 3.05) is 20.7 Å². The highest BCUT2D eigenvalue weighted by atomic mass is 32.2. The molecule has 0 unspecified atom stereocenters. The molecule has 1 aromatic rings. The number of benzene rings is 1. The highest BCUT2D eigenvalue weighted by Gasteiger charge is 2.17. The number of ether oxygens (including phenoxy) is 1. The van der Waals surface area contributed by atoms with Crippen molar-refractivity contribution in [2.45, 2.75) is 4.90 Å². The van der Waals surface area contributed by atoms with Gasteiger partial charge in [0.1, 0.15) is 10.6 Å². The maximum atomic E-state index is 11.9. The minimum Gasteiger partial charge on any atom is -0.495 e. The zero-order valence-corrected chi connectivity index (χ0v) is 12.7. The molecule has 6 nitrogen and oxygen atoms in total. The van der Waals surface area contributed by atoms with Gasteiger partial charge in [0, 0.05) is 12.6 Å². The quantitative estimate of drug-likeness (QED) is 0.579. The fourth-order valence-corrected chi connectivity index (χ4v) is 2.45. The van der Waals surface area contributed by atoms with E-state index in [1.165, 1.54) is 38.4 Å². The monoisotopic (exact) mass is 310 g/mol. The van der Waals surface area contributed by atoms with E-state index < -0.39 is 10.0 Å². The van der Waals surface area contributed by atoms with Gasteiger partial charge in [-0.15, -0.1) is 6.58 Å². The van der Waals surface area contributed by atoms with Crippen molar-refractivity contribution in [2.24, 2.45) is 0 Å². The van der Waals surface area contributed by atoms with Gasteiger partial charge in [-0.1, -0.05) is 12.1 Å². The van der Waals surface area contributed by atoms with Gasteiger partial charge in [-0.3, -0.25) is 4.79 Å². The van der Waals surface area contributed by atoms with E-state index in [0.29, 0.717) is 12.1 Å². The number of carbonyl (C=O) groups is 1. The van der Waals surface area contributed by atoms with Crippen LogP contribution in [0.25, 0.3) is 6.08 Å². The lowest BCUT2D eigenvalue weighted by Gasteiger charge is -2.09. The molecule has 7 heteroatoms. The minimum absolute atomic E-state index is 0.0150. The molecule has 0 aliphatic carbocycles. The lowest BCUT2D eigenvalue weighted by Crippen LogP contribution is -2.20. The van der Waals surface area contributed by atoms with Gasteiger partial charge in [-0.05, 0) is 30.8 Å². The summed E-state index contributed by atoms with van der Waals surface area (Å²) in [6, 6.07) is 4.62. The Labute approximate surface area is 124 Å². The van der Waals surface area contributed by atoms with Crippen LogP contribution < -0.4 is 14.8 Å². The second-order valence-corrected chi connectivity index (χ2v) is 5.84. The van der Waals surface area contributed by atoms with E-state index >= 15 is 0 Å². The Kier molecular flexibility index (Phi) is 6.13. The molecule has 1 amide bonds. The summed E-state index contributed by atoms with van der Waals surface area (Å²) in [7, 11) is -0.928. The van der Waals surface area contributed by atoms with Crippen LogP contribution in [0, 0.1) is 0 Å². The van der Waals surface area contributed by atoms with Gasteiger partial charge < -0.3 is 10.1 Å². The SMILES string of the molecule is C=CCNC(=O)/C=C/c1ccc(OC)c(S(=O)(=O)NC)c1. The fraction of sp³-hybridized carbons (Fsp3) is 0.214. The van der Waals surface area contributed by atoms with Gasteiger partial charge in [0.2, 0.25) is 15.9 Å². The molecule has 1 rings (SSSR count). The summed E-state index contributed by atoms with van der Waals surface area (Å²) < 4.78 is 31.1. The number of hydrogen-bond donors (Lipinski definition) is 2. The molecular weight excluding hydrogens is 292 g/mol. The van der Waals surface area contributed by atoms with E-state index in [4.69, 9.17) is 4.74 Å². The van der Waals surface area contributed by atoms with E-state index in [2.05, 4.69) is 16.6 Å². The first-order valence-electron chi connectivity index (χ1n) is 6.13. The van der Waals surface area contributed by atoms with Crippen LogP contribution in [-0.4, -0.2) is 35.0 Å². The van der Waals surface area contributed by atoms with Gasteiger partial charge in [0.05, 0.1) is 7.11 Å². The molecule has 2 N–H and O–H groups in total. The lowest BCUT2D eigenvalue weighted by atomic mass is 10.2. The molecule has 0 aliphatic heterocycles. The molecule has 0 aliphatic rings. The van der Waals surface area contributed by atoms with Crippen LogP contribution in [0.3, 0.4) is 0 Å². The van der Waals surface area contributed by atoms with Gasteiger partial charge in [0.15, 0.2) is 0 Å². The summed E-state index contributed by atoms with van der Waals surface area (Å²) in [5.74, 6) is -0.0543. The summed E-state index contributed by atoms with van der Waals surface area (Å²) in [6.07, 6.45) is 4.41. The third-order valence-electron chi connectivity index (χ3n) is 2.59. The average molecular weight is 310 g/mol. The number of sulfonamides is 1. The van der Waals surface area contributed by atoms with Gasteiger partial charge >= 0.3 is 0 Å². The second-order valence-electron chi connectivity index (χ2n) is 3.99. The Bertz CT molecular complexity index is 651. The first-order valence-corrected chi connectivity index (χ1v) is 7.61. The number of carbonyl (C=O) groups excluding carboxylic acids is 1. The van der Waals surface area contributed by atoms with Gasteiger partial charge in [-0.25, -0.2) is 13.1 Å². The van der Waals surface area contributed by atoms with Gasteiger partial charge in [-0.2, -0.15) is 0 Å². The van der Waals surface area contributed by atoms with E-state index in [-0.39, 0.29) is 16.6 Å². The third kappa shape index (κ3) is 4.73. The fourth-order valence-electron chi connectivity index (χ4n) is 1.52. The molecule has 0 atom stereocenters. The minimum atomic E-state index is -3.64. The van der Waals surface area contributed by atoms with E-state index in [1.54, 1.807) is 12.1 Å². The summed E-state index contributed by atoms with van der Waals surface area (Å²) in [6.45, 7) is 3.86. The number of amides is 1. The van der Waals surface area contributed by atoms with Crippen LogP contribution in [-0.2, 0) is 14.8 Å². The first-order chi connectivity index (χ1) is 9.94. The number of rotatable bonds is 7. The molecule has 0 radical (unpaired) electrons. The lowest BCUT2D eigenvalue weighted by molar-refractivity contribution is -0.116. The van der Waals surface area contributed by atoms with Crippen LogP contribution in [0.1, 0.15) is 5.56 Å². The third-order valence-corrected chi connectivity index (χ3v) is 4.03. The van der Waals surface area contributed by atoms with Crippen molar-refractivity contribution in [3.05, 3.63) is 42.5 Å². The molecule has 0 heterocycles. The van der Waals surface area contributed by atoms with Crippen molar-refractivity contribution < 1.29 is 17.9 Å². The zero-order chi connectivity index (χ0) is 15.9. The number of nitrogens with one attached hydrogen (secondary N) is 2. The summed E-state index contributed by atoms with van der Waals surface area (Å²) in [5, 5.41) is 2.58. The highest BCUT2D eigenvalue weighted by molar-refractivity contribution is 7.89. The summed E-state index contributed by atoms with van der Waals surface area (Å²) >= 11 is 0. The van der Waals surface area contributed by atoms with Crippen LogP contribution in [0.15, 0.2) is 41.8 Å². The molecule has 0 bridgehead atoms.